The monoisotopic (exact) mass is 379 g/mol. The van der Waals surface area contributed by atoms with Gasteiger partial charge in [-0.2, -0.15) is 0 Å². The van der Waals surface area contributed by atoms with Crippen LogP contribution in [0.1, 0.15) is 21.1 Å². The van der Waals surface area contributed by atoms with Crippen LogP contribution < -0.4 is 10.9 Å². The number of hydrogen-bond acceptors (Lipinski definition) is 6. The van der Waals surface area contributed by atoms with Crippen molar-refractivity contribution >= 4 is 33.0 Å². The first kappa shape index (κ1) is 17.6. The van der Waals surface area contributed by atoms with E-state index in [0.717, 1.165) is 10.6 Å². The van der Waals surface area contributed by atoms with Gasteiger partial charge in [-0.25, -0.2) is 13.4 Å². The van der Waals surface area contributed by atoms with E-state index in [-0.39, 0.29) is 17.9 Å². The van der Waals surface area contributed by atoms with Crippen LogP contribution in [-0.2, 0) is 14.6 Å². The molecule has 1 aromatic heterocycles. The zero-order chi connectivity index (χ0) is 18.0. The van der Waals surface area contributed by atoms with Crippen LogP contribution in [0.3, 0.4) is 0 Å². The molecule has 1 aromatic carbocycles. The summed E-state index contributed by atoms with van der Waals surface area (Å²) in [6, 6.07) is 9.29. The van der Waals surface area contributed by atoms with Gasteiger partial charge in [-0.05, 0) is 13.3 Å². The second-order valence-electron chi connectivity index (χ2n) is 5.82. The van der Waals surface area contributed by atoms with Crippen LogP contribution in [0.4, 0.5) is 0 Å². The molecular weight excluding hydrogens is 362 g/mol. The van der Waals surface area contributed by atoms with E-state index in [1.54, 1.807) is 6.92 Å². The summed E-state index contributed by atoms with van der Waals surface area (Å²) in [5.74, 6) is -1.76. The fourth-order valence-corrected chi connectivity index (χ4v) is 5.23. The molecule has 2 amide bonds. The lowest BCUT2D eigenvalue weighted by molar-refractivity contribution is -0.125. The molecule has 1 aliphatic rings. The zero-order valence-corrected chi connectivity index (χ0v) is 15.1. The van der Waals surface area contributed by atoms with Crippen molar-refractivity contribution in [2.24, 2.45) is 5.92 Å². The van der Waals surface area contributed by atoms with Gasteiger partial charge in [0.2, 0.25) is 5.91 Å². The van der Waals surface area contributed by atoms with Gasteiger partial charge in [0, 0.05) is 5.56 Å². The van der Waals surface area contributed by atoms with Crippen LogP contribution in [0.2, 0.25) is 0 Å². The summed E-state index contributed by atoms with van der Waals surface area (Å²) >= 11 is 1.23. The molecule has 2 N–H and O–H groups in total. The van der Waals surface area contributed by atoms with Gasteiger partial charge in [0.1, 0.15) is 4.88 Å². The molecular formula is C16H17N3O4S2. The van der Waals surface area contributed by atoms with Crippen LogP contribution in [0, 0.1) is 12.8 Å². The second-order valence-corrected chi connectivity index (χ2v) is 9.25. The highest BCUT2D eigenvalue weighted by Gasteiger charge is 2.33. The van der Waals surface area contributed by atoms with Gasteiger partial charge in [0.05, 0.1) is 28.1 Å². The molecule has 1 atom stereocenters. The summed E-state index contributed by atoms with van der Waals surface area (Å²) in [5.41, 5.74) is 6.05. The van der Waals surface area contributed by atoms with Gasteiger partial charge in [0.25, 0.3) is 5.91 Å². The number of hydrazine groups is 1. The van der Waals surface area contributed by atoms with Crippen molar-refractivity contribution in [3.8, 4) is 11.3 Å². The molecule has 2 heterocycles. The molecule has 7 nitrogen and oxygen atoms in total. The minimum absolute atomic E-state index is 0.00519. The topological polar surface area (TPSA) is 105 Å². The Labute approximate surface area is 149 Å². The van der Waals surface area contributed by atoms with E-state index in [0.29, 0.717) is 10.6 Å². The van der Waals surface area contributed by atoms with Gasteiger partial charge in [-0.1, -0.05) is 30.3 Å². The SMILES string of the molecule is Cc1nc(-c2ccccc2)c(C(=O)NNC(=O)[C@H]2CCS(=O)(=O)C2)s1. The number of hydrogen-bond donors (Lipinski definition) is 2. The normalized spacial score (nSPS) is 18.7. The molecule has 0 spiro atoms. The number of sulfone groups is 1. The van der Waals surface area contributed by atoms with Crippen LogP contribution >= 0.6 is 11.3 Å². The summed E-state index contributed by atoms with van der Waals surface area (Å²) in [6.45, 7) is 1.80. The Morgan fingerprint density at radius 1 is 1.20 bits per heavy atom. The third kappa shape index (κ3) is 4.05. The third-order valence-corrected chi connectivity index (χ3v) is 6.63. The molecule has 2 aromatic rings. The summed E-state index contributed by atoms with van der Waals surface area (Å²) < 4.78 is 22.9. The highest BCUT2D eigenvalue weighted by Crippen LogP contribution is 2.27. The zero-order valence-electron chi connectivity index (χ0n) is 13.5. The molecule has 1 fully saturated rings. The Morgan fingerprint density at radius 2 is 1.92 bits per heavy atom. The van der Waals surface area contributed by atoms with E-state index < -0.39 is 27.6 Å². The third-order valence-electron chi connectivity index (χ3n) is 3.89. The summed E-state index contributed by atoms with van der Waals surface area (Å²) in [4.78, 5) is 29.2. The highest BCUT2D eigenvalue weighted by atomic mass is 32.2. The first-order valence-corrected chi connectivity index (χ1v) is 10.3. The molecule has 0 aliphatic carbocycles. The Kier molecular flexibility index (Phi) is 4.87. The van der Waals surface area contributed by atoms with Gasteiger partial charge in [0.15, 0.2) is 9.84 Å². The van der Waals surface area contributed by atoms with E-state index in [4.69, 9.17) is 0 Å². The first-order chi connectivity index (χ1) is 11.9. The Bertz CT molecular complexity index is 907. The number of amides is 2. The van der Waals surface area contributed by atoms with Crippen molar-refractivity contribution in [3.05, 3.63) is 40.2 Å². The number of aromatic nitrogens is 1. The molecule has 1 saturated heterocycles. The Hall–Kier alpha value is -2.26. The molecule has 0 radical (unpaired) electrons. The second kappa shape index (κ2) is 6.93. The summed E-state index contributed by atoms with van der Waals surface area (Å²) in [6.07, 6.45) is 0.277. The van der Waals surface area contributed by atoms with Crippen LogP contribution in [-0.4, -0.2) is 36.7 Å². The molecule has 132 valence electrons. The highest BCUT2D eigenvalue weighted by molar-refractivity contribution is 7.91. The number of rotatable bonds is 3. The molecule has 1 aliphatic heterocycles. The van der Waals surface area contributed by atoms with Crippen molar-refractivity contribution in [2.75, 3.05) is 11.5 Å². The number of aryl methyl sites for hydroxylation is 1. The molecule has 25 heavy (non-hydrogen) atoms. The molecule has 0 bridgehead atoms. The predicted octanol–water partition coefficient (Wildman–Crippen LogP) is 1.31. The number of carbonyl (C=O) groups is 2. The smallest absolute Gasteiger partial charge is 0.273 e. The maximum absolute atomic E-state index is 12.4. The maximum Gasteiger partial charge on any atom is 0.282 e. The largest absolute Gasteiger partial charge is 0.282 e. The quantitative estimate of drug-likeness (QED) is 0.783. The lowest BCUT2D eigenvalue weighted by Gasteiger charge is -2.10. The van der Waals surface area contributed by atoms with Crippen molar-refractivity contribution in [1.29, 1.82) is 0 Å². The molecule has 3 rings (SSSR count). The standard InChI is InChI=1S/C16H17N3O4S2/c1-10-17-13(11-5-3-2-4-6-11)14(24-10)16(21)19-18-15(20)12-7-8-25(22,23)9-12/h2-6,12H,7-9H2,1H3,(H,18,20)(H,19,21)/t12-/m0/s1. The summed E-state index contributed by atoms with van der Waals surface area (Å²) in [5, 5.41) is 0.734. The molecule has 0 saturated carbocycles. The van der Waals surface area contributed by atoms with Crippen LogP contribution in [0.5, 0.6) is 0 Å². The van der Waals surface area contributed by atoms with Crippen molar-refractivity contribution in [2.45, 2.75) is 13.3 Å². The van der Waals surface area contributed by atoms with Gasteiger partial charge >= 0.3 is 0 Å². The predicted molar refractivity (Wildman–Crippen MR) is 94.7 cm³/mol. The average Bonchev–Trinajstić information content (AvgIpc) is 3.15. The Balaban J connectivity index is 1.69. The number of nitrogens with zero attached hydrogens (tertiary/aromatic N) is 1. The van der Waals surface area contributed by atoms with Crippen LogP contribution in [0.15, 0.2) is 30.3 Å². The van der Waals surface area contributed by atoms with E-state index in [1.165, 1.54) is 11.3 Å². The fourth-order valence-electron chi connectivity index (χ4n) is 2.65. The maximum atomic E-state index is 12.4. The van der Waals surface area contributed by atoms with Crippen molar-refractivity contribution in [1.82, 2.24) is 15.8 Å². The lowest BCUT2D eigenvalue weighted by atomic mass is 10.1. The minimum atomic E-state index is -3.15. The fraction of sp³-hybridized carbons (Fsp3) is 0.312. The van der Waals surface area contributed by atoms with E-state index in [9.17, 15) is 18.0 Å². The number of nitrogens with one attached hydrogen (secondary N) is 2. The number of benzene rings is 1. The Morgan fingerprint density at radius 3 is 2.56 bits per heavy atom. The van der Waals surface area contributed by atoms with Gasteiger partial charge in [-0.15, -0.1) is 11.3 Å². The van der Waals surface area contributed by atoms with Crippen LogP contribution in [0.25, 0.3) is 11.3 Å². The first-order valence-electron chi connectivity index (χ1n) is 7.69. The van der Waals surface area contributed by atoms with Gasteiger partial charge < -0.3 is 0 Å². The summed E-state index contributed by atoms with van der Waals surface area (Å²) in [7, 11) is -3.15. The van der Waals surface area contributed by atoms with Crippen molar-refractivity contribution in [3.63, 3.8) is 0 Å². The van der Waals surface area contributed by atoms with Gasteiger partial charge in [-0.3, -0.25) is 20.4 Å². The number of carbonyl (C=O) groups excluding carboxylic acids is 2. The minimum Gasteiger partial charge on any atom is -0.273 e. The average molecular weight is 379 g/mol. The number of thiazole rings is 1. The van der Waals surface area contributed by atoms with E-state index in [2.05, 4.69) is 15.8 Å². The molecule has 9 heteroatoms. The lowest BCUT2D eigenvalue weighted by Crippen LogP contribution is -2.44. The molecule has 0 unspecified atom stereocenters. The van der Waals surface area contributed by atoms with E-state index >= 15 is 0 Å². The van der Waals surface area contributed by atoms with E-state index in [1.807, 2.05) is 30.3 Å². The van der Waals surface area contributed by atoms with Crippen molar-refractivity contribution < 1.29 is 18.0 Å².